The number of hydrogen-bond donors (Lipinski definition) is 4. The highest BCUT2D eigenvalue weighted by Crippen LogP contribution is 2.43. The van der Waals surface area contributed by atoms with Crippen molar-refractivity contribution < 1.29 is 63.2 Å². The minimum atomic E-state index is -1.90. The number of cyclic esters (lactones) is 1. The summed E-state index contributed by atoms with van der Waals surface area (Å²) in [5, 5.41) is 45.9. The molecule has 0 bridgehead atoms. The van der Waals surface area contributed by atoms with Gasteiger partial charge in [-0.25, -0.2) is 0 Å². The largest absolute Gasteiger partial charge is 0.459 e. The predicted molar refractivity (Wildman–Crippen MR) is 196 cm³/mol. The van der Waals surface area contributed by atoms with Crippen molar-refractivity contribution in [2.75, 3.05) is 28.3 Å². The van der Waals surface area contributed by atoms with Crippen molar-refractivity contribution in [2.24, 2.45) is 29.6 Å². The van der Waals surface area contributed by atoms with Gasteiger partial charge in [0.15, 0.2) is 12.6 Å². The van der Waals surface area contributed by atoms with Crippen molar-refractivity contribution in [1.29, 1.82) is 0 Å². The number of rotatable bonds is 9. The predicted octanol–water partition coefficient (Wildman–Crippen LogP) is 2.69. The summed E-state index contributed by atoms with van der Waals surface area (Å²) in [4.78, 5) is 29.0. The number of methoxy groups -OCH3 is 2. The third kappa shape index (κ3) is 9.81. The van der Waals surface area contributed by atoms with Gasteiger partial charge in [-0.1, -0.05) is 27.7 Å². The molecule has 0 unspecified atom stereocenters. The van der Waals surface area contributed by atoms with E-state index in [9.17, 15) is 30.0 Å². The molecule has 0 aromatic heterocycles. The Morgan fingerprint density at radius 1 is 0.887 bits per heavy atom. The lowest BCUT2D eigenvalue weighted by molar-refractivity contribution is -0.319. The van der Waals surface area contributed by atoms with Crippen LogP contribution >= 0.6 is 0 Å². The Hall–Kier alpha value is -1.30. The fraction of sp³-hybridized carbons (Fsp3) is 0.949. The Labute approximate surface area is 317 Å². The highest BCUT2D eigenvalue weighted by atomic mass is 16.7. The molecular weight excluding hydrogens is 690 g/mol. The molecule has 14 heteroatoms. The van der Waals surface area contributed by atoms with Crippen LogP contribution in [0.2, 0.25) is 0 Å². The number of ether oxygens (including phenoxy) is 7. The van der Waals surface area contributed by atoms with Crippen LogP contribution in [-0.2, 0) is 42.7 Å². The van der Waals surface area contributed by atoms with Gasteiger partial charge in [0.25, 0.3) is 0 Å². The second-order valence-corrected chi connectivity index (χ2v) is 17.1. The number of aliphatic hydroxyl groups is 4. The van der Waals surface area contributed by atoms with Crippen LogP contribution in [0.3, 0.4) is 0 Å². The van der Waals surface area contributed by atoms with Gasteiger partial charge in [0.2, 0.25) is 0 Å². The molecule has 0 aromatic rings. The van der Waals surface area contributed by atoms with E-state index in [-0.39, 0.29) is 31.4 Å². The van der Waals surface area contributed by atoms with Gasteiger partial charge in [0.1, 0.15) is 30.2 Å². The first-order valence-electron chi connectivity index (χ1n) is 19.3. The zero-order valence-electron chi connectivity index (χ0n) is 34.6. The van der Waals surface area contributed by atoms with Gasteiger partial charge in [-0.3, -0.25) is 4.79 Å². The molecule has 0 amide bonds. The molecule has 310 valence electrons. The molecule has 3 saturated heterocycles. The number of carbonyl (C=O) groups is 2. The number of aliphatic hydroxyl groups excluding tert-OH is 3. The zero-order valence-corrected chi connectivity index (χ0v) is 34.6. The number of esters is 1. The standard InChI is InChI=1S/C39H71NO13/c1-15-28-39(10,46)32(43)22(4)26(19-41)20(2)17-38(9,48-14)34(53-36-30(42)27(40(11)12)16-21(3)49-36)23(5)31(24(6)35(45)51-28)52-29-18-37(8,47-13)33(44)25(7)50-29/h19-34,36,42-44,46H,15-18H2,1-14H3/t20-,21-,22+,23+,24-,25+,26+,27+,28-,29+,30-,31+,32-,33+,34-,36+,37-,38-,39-/m1/s1. The summed E-state index contributed by atoms with van der Waals surface area (Å²) in [6.07, 6.45) is -7.52. The summed E-state index contributed by atoms with van der Waals surface area (Å²) in [7, 11) is 6.82. The van der Waals surface area contributed by atoms with Crippen molar-refractivity contribution in [2.45, 2.75) is 179 Å². The highest BCUT2D eigenvalue weighted by molar-refractivity contribution is 5.73. The van der Waals surface area contributed by atoms with Crippen molar-refractivity contribution in [3.8, 4) is 0 Å². The molecule has 0 aromatic carbocycles. The lowest BCUT2D eigenvalue weighted by atomic mass is 9.70. The lowest BCUT2D eigenvalue weighted by Gasteiger charge is -2.50. The Morgan fingerprint density at radius 3 is 2.02 bits per heavy atom. The Morgan fingerprint density at radius 2 is 1.49 bits per heavy atom. The summed E-state index contributed by atoms with van der Waals surface area (Å²) < 4.78 is 44.2. The summed E-state index contributed by atoms with van der Waals surface area (Å²) in [5.41, 5.74) is -4.12. The first-order valence-corrected chi connectivity index (χ1v) is 19.3. The van der Waals surface area contributed by atoms with Crippen LogP contribution in [0.1, 0.15) is 94.9 Å². The minimum Gasteiger partial charge on any atom is -0.459 e. The summed E-state index contributed by atoms with van der Waals surface area (Å²) in [6.45, 7) is 17.5. The van der Waals surface area contributed by atoms with E-state index in [1.165, 1.54) is 21.1 Å². The van der Waals surface area contributed by atoms with Gasteiger partial charge >= 0.3 is 5.97 Å². The molecule has 0 aliphatic carbocycles. The van der Waals surface area contributed by atoms with Gasteiger partial charge in [0.05, 0.1) is 47.6 Å². The highest BCUT2D eigenvalue weighted by Gasteiger charge is 2.54. The molecule has 19 atom stereocenters. The zero-order chi connectivity index (χ0) is 40.4. The molecule has 3 fully saturated rings. The maximum Gasteiger partial charge on any atom is 0.311 e. The lowest BCUT2D eigenvalue weighted by Crippen LogP contribution is -2.61. The smallest absolute Gasteiger partial charge is 0.311 e. The number of likely N-dealkylation sites (N-methyl/N-ethyl adjacent to an activating group) is 1. The molecule has 4 N–H and O–H groups in total. The number of aldehydes is 1. The van der Waals surface area contributed by atoms with E-state index in [1.807, 2.05) is 46.7 Å². The van der Waals surface area contributed by atoms with Crippen molar-refractivity contribution in [3.05, 3.63) is 0 Å². The van der Waals surface area contributed by atoms with E-state index in [4.69, 9.17) is 33.2 Å². The van der Waals surface area contributed by atoms with E-state index < -0.39 is 108 Å². The second-order valence-electron chi connectivity index (χ2n) is 17.1. The number of carbonyl (C=O) groups excluding carboxylic acids is 2. The summed E-state index contributed by atoms with van der Waals surface area (Å²) in [5.74, 6) is -4.27. The van der Waals surface area contributed by atoms with Gasteiger partial charge in [-0.15, -0.1) is 0 Å². The Balaban J connectivity index is 2.24. The molecule has 14 nitrogen and oxygen atoms in total. The maximum atomic E-state index is 14.2. The van der Waals surface area contributed by atoms with Crippen LogP contribution < -0.4 is 0 Å². The molecule has 3 aliphatic rings. The van der Waals surface area contributed by atoms with Gasteiger partial charge in [0, 0.05) is 38.5 Å². The fourth-order valence-corrected chi connectivity index (χ4v) is 9.06. The van der Waals surface area contributed by atoms with E-state index >= 15 is 0 Å². The van der Waals surface area contributed by atoms with Crippen LogP contribution in [0, 0.1) is 29.6 Å². The van der Waals surface area contributed by atoms with E-state index in [0.717, 1.165) is 6.29 Å². The molecule has 0 spiro atoms. The van der Waals surface area contributed by atoms with Crippen LogP contribution in [0.4, 0.5) is 0 Å². The van der Waals surface area contributed by atoms with Crippen molar-refractivity contribution in [1.82, 2.24) is 4.90 Å². The van der Waals surface area contributed by atoms with Gasteiger partial charge in [-0.05, 0) is 86.7 Å². The Bertz CT molecular complexity index is 1190. The van der Waals surface area contributed by atoms with Crippen LogP contribution in [-0.4, -0.2) is 150 Å². The molecular formula is C39H71NO13. The van der Waals surface area contributed by atoms with E-state index in [1.54, 1.807) is 34.6 Å². The normalized spacial score (nSPS) is 49.6. The molecule has 3 rings (SSSR count). The molecule has 3 heterocycles. The molecule has 0 saturated carbocycles. The molecule has 0 radical (unpaired) electrons. The van der Waals surface area contributed by atoms with E-state index in [0.29, 0.717) is 6.42 Å². The van der Waals surface area contributed by atoms with E-state index in [2.05, 4.69) is 0 Å². The third-order valence-corrected chi connectivity index (χ3v) is 12.8. The SMILES string of the molecule is CC[C@H]1OC(=O)[C@H](C)[C@@H](O[C@H]2C[C@@](C)(OC)[C@@H](O)[C@H](C)O2)[C@H](C)[C@@H](O[C@@H]2O[C@H](C)C[C@H](N(C)C)[C@H]2O)[C@](C)(OC)C[C@@H](C)[C@H](C=O)[C@H](C)[C@@H](O)[C@]1(C)O. The first-order chi connectivity index (χ1) is 24.5. The van der Waals surface area contributed by atoms with Crippen LogP contribution in [0.5, 0.6) is 0 Å². The van der Waals surface area contributed by atoms with Gasteiger partial charge in [-0.2, -0.15) is 0 Å². The number of hydrogen-bond acceptors (Lipinski definition) is 14. The minimum absolute atomic E-state index is 0.133. The first kappa shape index (κ1) is 46.1. The summed E-state index contributed by atoms with van der Waals surface area (Å²) in [6, 6.07) is -0.276. The average Bonchev–Trinajstić information content (AvgIpc) is 3.10. The fourth-order valence-electron chi connectivity index (χ4n) is 9.06. The van der Waals surface area contributed by atoms with Crippen LogP contribution in [0.25, 0.3) is 0 Å². The Kier molecular flexibility index (Phi) is 15.9. The summed E-state index contributed by atoms with van der Waals surface area (Å²) >= 11 is 0. The van der Waals surface area contributed by atoms with Crippen LogP contribution in [0.15, 0.2) is 0 Å². The maximum absolute atomic E-state index is 14.2. The average molecular weight is 762 g/mol. The second kappa shape index (κ2) is 18.3. The molecule has 53 heavy (non-hydrogen) atoms. The quantitative estimate of drug-likeness (QED) is 0.199. The topological polar surface area (TPSA) is 183 Å². The third-order valence-electron chi connectivity index (χ3n) is 12.8. The van der Waals surface area contributed by atoms with Crippen molar-refractivity contribution >= 4 is 12.3 Å². The monoisotopic (exact) mass is 761 g/mol. The number of nitrogens with zero attached hydrogens (tertiary/aromatic N) is 1. The van der Waals surface area contributed by atoms with Crippen molar-refractivity contribution in [3.63, 3.8) is 0 Å². The molecule has 3 aliphatic heterocycles. The van der Waals surface area contributed by atoms with Gasteiger partial charge < -0.3 is 63.3 Å².